The maximum Gasteiger partial charge on any atom is 0.397 e. The SMILES string of the molecule is Nc1c(S(=O)(=O)O)cc(S(=O)(=O)O)c2ccc(N=Nc3cc(S(=O)(=O)CCOS(=O)(=O)O)ccc3O)c(O)c12. The van der Waals surface area contributed by atoms with Gasteiger partial charge in [0, 0.05) is 5.39 Å². The lowest BCUT2D eigenvalue weighted by Gasteiger charge is -2.13. The van der Waals surface area contributed by atoms with Gasteiger partial charge in [-0.3, -0.25) is 13.7 Å². The molecule has 3 aromatic carbocycles. The first kappa shape index (κ1) is 30.1. The van der Waals surface area contributed by atoms with Crippen LogP contribution in [0.4, 0.5) is 17.1 Å². The van der Waals surface area contributed by atoms with Crippen LogP contribution in [-0.2, 0) is 44.7 Å². The van der Waals surface area contributed by atoms with Crippen molar-refractivity contribution >= 4 is 68.3 Å². The quantitative estimate of drug-likeness (QED) is 0.111. The average molecular weight is 628 g/mol. The van der Waals surface area contributed by atoms with Crippen LogP contribution in [0.2, 0.25) is 0 Å². The Morgan fingerprint density at radius 1 is 0.769 bits per heavy atom. The smallest absolute Gasteiger partial charge is 0.397 e. The van der Waals surface area contributed by atoms with Gasteiger partial charge in [0.15, 0.2) is 15.6 Å². The highest BCUT2D eigenvalue weighted by molar-refractivity contribution is 7.91. The lowest BCUT2D eigenvalue weighted by atomic mass is 10.1. The molecule has 7 N–H and O–H groups in total. The Balaban J connectivity index is 2.12. The third-order valence-electron chi connectivity index (χ3n) is 4.93. The van der Waals surface area contributed by atoms with Crippen molar-refractivity contribution in [3.05, 3.63) is 36.4 Å². The maximum absolute atomic E-state index is 12.4. The van der Waals surface area contributed by atoms with Crippen LogP contribution >= 0.6 is 0 Å². The number of hydrogen-bond donors (Lipinski definition) is 6. The van der Waals surface area contributed by atoms with Crippen LogP contribution in [-0.4, -0.2) is 69.9 Å². The lowest BCUT2D eigenvalue weighted by molar-refractivity contribution is 0.284. The number of nitrogens with zero attached hydrogens (tertiary/aromatic N) is 2. The number of hydrogen-bond acceptors (Lipinski definition) is 14. The van der Waals surface area contributed by atoms with E-state index in [1.54, 1.807) is 0 Å². The summed E-state index contributed by atoms with van der Waals surface area (Å²) in [5.74, 6) is -2.46. The van der Waals surface area contributed by atoms with Crippen molar-refractivity contribution in [2.75, 3.05) is 18.1 Å². The first-order chi connectivity index (χ1) is 17.7. The van der Waals surface area contributed by atoms with Gasteiger partial charge in [-0.05, 0) is 30.3 Å². The molecular formula is C18H17N3O14S4. The molecule has 17 nitrogen and oxygen atoms in total. The van der Waals surface area contributed by atoms with Gasteiger partial charge in [0.25, 0.3) is 20.2 Å². The number of rotatable bonds is 9. The van der Waals surface area contributed by atoms with Gasteiger partial charge in [0.2, 0.25) is 0 Å². The second-order valence-electron chi connectivity index (χ2n) is 7.51. The molecule has 0 aliphatic heterocycles. The van der Waals surface area contributed by atoms with Crippen LogP contribution in [0.25, 0.3) is 10.8 Å². The van der Waals surface area contributed by atoms with Crippen molar-refractivity contribution in [2.45, 2.75) is 14.7 Å². The topological polar surface area (TPSA) is 298 Å². The zero-order valence-electron chi connectivity index (χ0n) is 18.9. The maximum atomic E-state index is 12.4. The molecule has 0 aromatic heterocycles. The Labute approximate surface area is 220 Å². The normalized spacial score (nSPS) is 13.3. The van der Waals surface area contributed by atoms with E-state index in [-0.39, 0.29) is 0 Å². The van der Waals surface area contributed by atoms with Gasteiger partial charge in [0.1, 0.15) is 26.9 Å². The standard InChI is InChI=1S/C18H17N3O14S4/c19-17-15(38(29,30)31)8-14(37(26,27)28)10-2-3-11(18(23)16(10)17)20-21-12-7-9(1-4-13(12)22)36(24,25)6-5-35-39(32,33)34/h1-4,7-8,22-23H,5-6,19H2,(H,26,27,28)(H,29,30,31)(H,32,33,34). The Hall–Kier alpha value is -3.44. The number of azo groups is 1. The fourth-order valence-corrected chi connectivity index (χ4v) is 6.16. The van der Waals surface area contributed by atoms with Gasteiger partial charge in [-0.1, -0.05) is 6.07 Å². The molecule has 0 saturated carbocycles. The minimum atomic E-state index is -5.14. The third kappa shape index (κ3) is 6.77. The van der Waals surface area contributed by atoms with E-state index in [1.165, 1.54) is 0 Å². The van der Waals surface area contributed by atoms with Crippen LogP contribution < -0.4 is 5.73 Å². The molecule has 0 fully saturated rings. The molecule has 0 aliphatic rings. The Morgan fingerprint density at radius 2 is 1.36 bits per heavy atom. The summed E-state index contributed by atoms with van der Waals surface area (Å²) < 4.78 is 124. The third-order valence-corrected chi connectivity index (χ3v) is 8.86. The number of phenols is 2. The lowest BCUT2D eigenvalue weighted by Crippen LogP contribution is -2.15. The number of benzene rings is 3. The van der Waals surface area contributed by atoms with E-state index in [0.29, 0.717) is 6.07 Å². The summed E-state index contributed by atoms with van der Waals surface area (Å²) in [5, 5.41) is 26.9. The van der Waals surface area contributed by atoms with E-state index in [2.05, 4.69) is 14.4 Å². The van der Waals surface area contributed by atoms with Crippen LogP contribution in [0.3, 0.4) is 0 Å². The molecule has 0 spiro atoms. The number of nitrogens with two attached hydrogens (primary N) is 1. The second-order valence-corrected chi connectivity index (χ2v) is 13.5. The number of fused-ring (bicyclic) bond motifs is 1. The Bertz CT molecular complexity index is 1950. The Morgan fingerprint density at radius 3 is 1.92 bits per heavy atom. The Kier molecular flexibility index (Phi) is 7.93. The number of aromatic hydroxyl groups is 2. The first-order valence-electron chi connectivity index (χ1n) is 9.85. The molecule has 212 valence electrons. The summed E-state index contributed by atoms with van der Waals surface area (Å²) in [6, 6.07) is 4.98. The molecule has 0 bridgehead atoms. The van der Waals surface area contributed by atoms with Gasteiger partial charge in [-0.15, -0.1) is 10.2 Å². The summed E-state index contributed by atoms with van der Waals surface area (Å²) in [5.41, 5.74) is 3.94. The number of nitrogen functional groups attached to an aromatic ring is 1. The fraction of sp³-hybridized carbons (Fsp3) is 0.111. The molecule has 3 rings (SSSR count). The summed E-state index contributed by atoms with van der Waals surface area (Å²) in [6.07, 6.45) is 0. The van der Waals surface area contributed by atoms with E-state index in [0.717, 1.165) is 30.3 Å². The highest BCUT2D eigenvalue weighted by Crippen LogP contribution is 2.44. The van der Waals surface area contributed by atoms with Crippen molar-refractivity contribution in [3.63, 3.8) is 0 Å². The number of anilines is 1. The first-order valence-corrected chi connectivity index (χ1v) is 15.7. The molecule has 0 aliphatic carbocycles. The predicted molar refractivity (Wildman–Crippen MR) is 131 cm³/mol. The van der Waals surface area contributed by atoms with E-state index in [1.807, 2.05) is 0 Å². The van der Waals surface area contributed by atoms with Gasteiger partial charge in [0.05, 0.1) is 28.3 Å². The molecule has 0 heterocycles. The molecule has 21 heteroatoms. The predicted octanol–water partition coefficient (Wildman–Crippen LogP) is 1.34. The monoisotopic (exact) mass is 627 g/mol. The van der Waals surface area contributed by atoms with E-state index < -0.39 is 107 Å². The van der Waals surface area contributed by atoms with Crippen molar-refractivity contribution < 1.29 is 61.7 Å². The average Bonchev–Trinajstić information content (AvgIpc) is 2.76. The van der Waals surface area contributed by atoms with Gasteiger partial charge in [-0.25, -0.2) is 12.6 Å². The van der Waals surface area contributed by atoms with Crippen LogP contribution in [0, 0.1) is 0 Å². The summed E-state index contributed by atoms with van der Waals surface area (Å²) in [7, 11) is -19.4. The minimum absolute atomic E-state index is 0.383. The molecule has 0 amide bonds. The van der Waals surface area contributed by atoms with Gasteiger partial charge in [-0.2, -0.15) is 25.3 Å². The molecule has 0 atom stereocenters. The van der Waals surface area contributed by atoms with E-state index in [4.69, 9.17) is 10.3 Å². The zero-order chi connectivity index (χ0) is 29.6. The van der Waals surface area contributed by atoms with Crippen molar-refractivity contribution in [1.29, 1.82) is 0 Å². The van der Waals surface area contributed by atoms with Gasteiger partial charge >= 0.3 is 10.4 Å². The molecule has 39 heavy (non-hydrogen) atoms. The summed E-state index contributed by atoms with van der Waals surface area (Å²) >= 11 is 0. The molecule has 0 saturated heterocycles. The molecule has 0 radical (unpaired) electrons. The highest BCUT2D eigenvalue weighted by atomic mass is 32.3. The van der Waals surface area contributed by atoms with Gasteiger partial charge < -0.3 is 15.9 Å². The fourth-order valence-electron chi connectivity index (χ4n) is 3.21. The summed E-state index contributed by atoms with van der Waals surface area (Å²) in [4.78, 5) is -2.65. The van der Waals surface area contributed by atoms with E-state index >= 15 is 0 Å². The molecule has 3 aromatic rings. The number of phenolic OH excluding ortho intramolecular Hbond substituents is 2. The van der Waals surface area contributed by atoms with Crippen LogP contribution in [0.1, 0.15) is 0 Å². The van der Waals surface area contributed by atoms with Crippen LogP contribution in [0.15, 0.2) is 61.3 Å². The minimum Gasteiger partial charge on any atom is -0.506 e. The van der Waals surface area contributed by atoms with E-state index in [9.17, 15) is 53.0 Å². The molecular weight excluding hydrogens is 610 g/mol. The summed E-state index contributed by atoms with van der Waals surface area (Å²) in [6.45, 7) is -0.928. The van der Waals surface area contributed by atoms with Crippen LogP contribution in [0.5, 0.6) is 11.5 Å². The highest BCUT2D eigenvalue weighted by Gasteiger charge is 2.26. The molecule has 0 unspecified atom stereocenters. The zero-order valence-corrected chi connectivity index (χ0v) is 22.2. The number of sulfone groups is 1. The van der Waals surface area contributed by atoms with Crippen molar-refractivity contribution in [2.24, 2.45) is 10.2 Å². The largest absolute Gasteiger partial charge is 0.506 e. The second kappa shape index (κ2) is 10.3. The van der Waals surface area contributed by atoms with Crippen molar-refractivity contribution in [3.8, 4) is 11.5 Å². The van der Waals surface area contributed by atoms with Crippen molar-refractivity contribution in [1.82, 2.24) is 0 Å².